The van der Waals surface area contributed by atoms with Crippen LogP contribution >= 0.6 is 0 Å². The monoisotopic (exact) mass is 381 g/mol. The van der Waals surface area contributed by atoms with Crippen LogP contribution in [-0.2, 0) is 4.79 Å². The molecule has 1 saturated heterocycles. The van der Waals surface area contributed by atoms with Gasteiger partial charge in [0, 0.05) is 30.6 Å². The summed E-state index contributed by atoms with van der Waals surface area (Å²) in [6.45, 7) is 1.86. The molecule has 4 fully saturated rings. The molecular weight excluding hydrogens is 350 g/mol. The van der Waals surface area contributed by atoms with Crippen molar-refractivity contribution in [3.05, 3.63) is 29.8 Å². The highest BCUT2D eigenvalue weighted by Crippen LogP contribution is 2.52. The maximum absolute atomic E-state index is 13.4. The maximum atomic E-state index is 13.4. The van der Waals surface area contributed by atoms with Gasteiger partial charge in [0.2, 0.25) is 5.91 Å². The molecule has 1 aromatic rings. The zero-order chi connectivity index (χ0) is 19.1. The van der Waals surface area contributed by atoms with Crippen molar-refractivity contribution in [2.45, 2.75) is 63.5 Å². The second-order valence-corrected chi connectivity index (χ2v) is 9.27. The molecule has 2 aliphatic heterocycles. The van der Waals surface area contributed by atoms with Gasteiger partial charge in [-0.2, -0.15) is 0 Å². The molecule has 0 aromatic heterocycles. The smallest absolute Gasteiger partial charge is 0.255 e. The minimum absolute atomic E-state index is 0.0218. The van der Waals surface area contributed by atoms with E-state index >= 15 is 0 Å². The van der Waals surface area contributed by atoms with Gasteiger partial charge in [-0.3, -0.25) is 9.59 Å². The van der Waals surface area contributed by atoms with Crippen molar-refractivity contribution in [3.63, 3.8) is 0 Å². The molecule has 2 amide bonds. The van der Waals surface area contributed by atoms with Gasteiger partial charge in [0.1, 0.15) is 5.66 Å². The summed E-state index contributed by atoms with van der Waals surface area (Å²) in [4.78, 5) is 28.3. The number of carbonyl (C=O) groups is 2. The van der Waals surface area contributed by atoms with E-state index in [9.17, 15) is 9.59 Å². The van der Waals surface area contributed by atoms with Crippen molar-refractivity contribution < 1.29 is 9.59 Å². The third kappa shape index (κ3) is 2.99. The topological polar surface area (TPSA) is 61.4 Å². The number of hydrogen-bond acceptors (Lipinski definition) is 3. The number of benzene rings is 1. The first-order valence-electron chi connectivity index (χ1n) is 11.1. The second kappa shape index (κ2) is 7.09. The molecule has 6 rings (SSSR count). The van der Waals surface area contributed by atoms with Gasteiger partial charge in [-0.05, 0) is 56.6 Å². The van der Waals surface area contributed by atoms with Crippen molar-refractivity contribution in [2.24, 2.45) is 17.8 Å². The molecule has 5 heteroatoms. The van der Waals surface area contributed by atoms with Crippen molar-refractivity contribution in [1.29, 1.82) is 0 Å². The summed E-state index contributed by atoms with van der Waals surface area (Å²) in [5, 5.41) is 6.98. The van der Waals surface area contributed by atoms with Gasteiger partial charge in [-0.1, -0.05) is 31.4 Å². The second-order valence-electron chi connectivity index (χ2n) is 9.27. The number of fused-ring (bicyclic) bond motifs is 3. The van der Waals surface area contributed by atoms with Gasteiger partial charge < -0.3 is 15.5 Å². The number of carbonyl (C=O) groups excluding carboxylic acids is 2. The number of nitrogens with zero attached hydrogens (tertiary/aromatic N) is 1. The highest BCUT2D eigenvalue weighted by molar-refractivity contribution is 6.02. The predicted molar refractivity (Wildman–Crippen MR) is 109 cm³/mol. The van der Waals surface area contributed by atoms with Crippen molar-refractivity contribution in [2.75, 3.05) is 18.4 Å². The van der Waals surface area contributed by atoms with Crippen LogP contribution in [0.15, 0.2) is 24.3 Å². The third-order valence-electron chi connectivity index (χ3n) is 7.63. The average molecular weight is 382 g/mol. The van der Waals surface area contributed by atoms with E-state index in [0.29, 0.717) is 17.7 Å². The van der Waals surface area contributed by atoms with E-state index in [2.05, 4.69) is 15.5 Å². The van der Waals surface area contributed by atoms with Crippen LogP contribution in [0.2, 0.25) is 0 Å². The Morgan fingerprint density at radius 3 is 2.50 bits per heavy atom. The fraction of sp³-hybridized carbons (Fsp3) is 0.652. The van der Waals surface area contributed by atoms with Crippen LogP contribution < -0.4 is 10.6 Å². The Morgan fingerprint density at radius 2 is 1.75 bits per heavy atom. The fourth-order valence-electron chi connectivity index (χ4n) is 6.15. The summed E-state index contributed by atoms with van der Waals surface area (Å²) in [5.41, 5.74) is 1.29. The van der Waals surface area contributed by atoms with Crippen LogP contribution in [0, 0.1) is 17.8 Å². The number of rotatable bonds is 1. The number of amides is 2. The van der Waals surface area contributed by atoms with Gasteiger partial charge in [0.05, 0.1) is 5.56 Å². The number of likely N-dealkylation sites (tertiary alicyclic amines) is 1. The molecule has 5 nitrogen and oxygen atoms in total. The maximum Gasteiger partial charge on any atom is 0.255 e. The Hall–Kier alpha value is -2.04. The zero-order valence-electron chi connectivity index (χ0n) is 16.6. The summed E-state index contributed by atoms with van der Waals surface area (Å²) in [7, 11) is 0. The van der Waals surface area contributed by atoms with Gasteiger partial charge in [0.25, 0.3) is 5.91 Å². The number of nitrogens with one attached hydrogen (secondary N) is 2. The van der Waals surface area contributed by atoms with E-state index in [1.807, 2.05) is 24.3 Å². The molecule has 0 unspecified atom stereocenters. The quantitative estimate of drug-likeness (QED) is 0.778. The molecule has 5 aliphatic rings. The van der Waals surface area contributed by atoms with E-state index in [-0.39, 0.29) is 17.5 Å². The molecule has 2 N–H and O–H groups in total. The standard InChI is InChI=1S/C23H31N3O2/c27-21-18-8-4-5-9-20(18)24-23(25-21)15-16-10-11-17(23)14-19(16)22(28)26-12-6-2-1-3-7-13-26/h4-5,8-9,16-17,19,24H,1-3,6-7,10-15H2,(H,25,27)/t16-,17-,19-,23+/m0/s1. The van der Waals surface area contributed by atoms with Gasteiger partial charge >= 0.3 is 0 Å². The summed E-state index contributed by atoms with van der Waals surface area (Å²) in [5.74, 6) is 1.22. The van der Waals surface area contributed by atoms with Crippen molar-refractivity contribution in [3.8, 4) is 0 Å². The molecule has 1 spiro atoms. The van der Waals surface area contributed by atoms with Gasteiger partial charge in [-0.15, -0.1) is 0 Å². The molecule has 2 heterocycles. The summed E-state index contributed by atoms with van der Waals surface area (Å²) < 4.78 is 0. The molecule has 1 aromatic carbocycles. The summed E-state index contributed by atoms with van der Waals surface area (Å²) in [6, 6.07) is 7.76. The highest BCUT2D eigenvalue weighted by atomic mass is 16.2. The lowest BCUT2D eigenvalue weighted by molar-refractivity contribution is -0.143. The number of para-hydroxylation sites is 1. The molecule has 3 saturated carbocycles. The van der Waals surface area contributed by atoms with E-state index in [1.165, 1.54) is 19.3 Å². The lowest BCUT2D eigenvalue weighted by atomic mass is 9.58. The van der Waals surface area contributed by atoms with E-state index in [1.54, 1.807) is 0 Å². The SMILES string of the molecule is O=C1N[C@@]2(C[C@@H]3CC[C@H]2C[C@@H]3C(=O)N2CCCCCCC2)Nc2ccccc21. The Balaban J connectivity index is 1.34. The van der Waals surface area contributed by atoms with Crippen LogP contribution in [0.25, 0.3) is 0 Å². The van der Waals surface area contributed by atoms with Crippen molar-refractivity contribution in [1.82, 2.24) is 10.2 Å². The molecule has 0 radical (unpaired) electrons. The Morgan fingerprint density at radius 1 is 1.00 bits per heavy atom. The Kier molecular flexibility index (Phi) is 4.56. The lowest BCUT2D eigenvalue weighted by Crippen LogP contribution is -2.68. The van der Waals surface area contributed by atoms with Crippen LogP contribution in [-0.4, -0.2) is 35.5 Å². The number of anilines is 1. The molecule has 4 atom stereocenters. The molecule has 3 aliphatic carbocycles. The minimum Gasteiger partial charge on any atom is -0.362 e. The lowest BCUT2D eigenvalue weighted by Gasteiger charge is -2.56. The third-order valence-corrected chi connectivity index (χ3v) is 7.63. The molecular formula is C23H31N3O2. The van der Waals surface area contributed by atoms with Crippen molar-refractivity contribution >= 4 is 17.5 Å². The molecule has 150 valence electrons. The van der Waals surface area contributed by atoms with E-state index < -0.39 is 0 Å². The van der Waals surface area contributed by atoms with Crippen LogP contribution in [0.4, 0.5) is 5.69 Å². The summed E-state index contributed by atoms with van der Waals surface area (Å²) in [6.07, 6.45) is 10.1. The average Bonchev–Trinajstić information content (AvgIpc) is 2.67. The first-order valence-corrected chi connectivity index (χ1v) is 11.1. The van der Waals surface area contributed by atoms with E-state index in [0.717, 1.165) is 62.9 Å². The minimum atomic E-state index is -0.374. The van der Waals surface area contributed by atoms with Crippen LogP contribution in [0.5, 0.6) is 0 Å². The predicted octanol–water partition coefficient (Wildman–Crippen LogP) is 3.77. The van der Waals surface area contributed by atoms with Gasteiger partial charge in [-0.25, -0.2) is 0 Å². The largest absolute Gasteiger partial charge is 0.362 e. The Bertz CT molecular complexity index is 771. The number of hydrogen-bond donors (Lipinski definition) is 2. The molecule has 28 heavy (non-hydrogen) atoms. The first kappa shape index (κ1) is 18.0. The summed E-state index contributed by atoms with van der Waals surface area (Å²) >= 11 is 0. The molecule has 2 bridgehead atoms. The van der Waals surface area contributed by atoms with Crippen LogP contribution in [0.3, 0.4) is 0 Å². The first-order chi connectivity index (χ1) is 13.7. The normalized spacial score (nSPS) is 34.8. The zero-order valence-corrected chi connectivity index (χ0v) is 16.6. The highest BCUT2D eigenvalue weighted by Gasteiger charge is 2.55. The van der Waals surface area contributed by atoms with Crippen LogP contribution in [0.1, 0.15) is 68.1 Å². The van der Waals surface area contributed by atoms with E-state index in [4.69, 9.17) is 0 Å². The van der Waals surface area contributed by atoms with Gasteiger partial charge in [0.15, 0.2) is 0 Å². The Labute approximate surface area is 167 Å². The fourth-order valence-corrected chi connectivity index (χ4v) is 6.15.